The van der Waals surface area contributed by atoms with Crippen molar-refractivity contribution < 1.29 is 28.8 Å². The van der Waals surface area contributed by atoms with E-state index in [1.54, 1.807) is 6.08 Å². The standard InChI is InChI=1S/C35H60O6/c1-3-21-40-41-25-12-8-7-9-22-37-33-18-14-29(15-19-33)26-30-13-16-32-28-34(20-17-31(32)27-30)38-23-10-5-6-11-24-39-35(36)4-2/h3-4,29-34H,1-2,5-28H2. The summed E-state index contributed by atoms with van der Waals surface area (Å²) in [6.45, 7) is 10.4. The molecule has 4 unspecified atom stereocenters. The van der Waals surface area contributed by atoms with Crippen LogP contribution in [0.5, 0.6) is 0 Å². The van der Waals surface area contributed by atoms with Crippen LogP contribution in [0.2, 0.25) is 0 Å². The number of hydrogen-bond acceptors (Lipinski definition) is 6. The Balaban J connectivity index is 1.15. The van der Waals surface area contributed by atoms with Crippen LogP contribution in [-0.4, -0.2) is 51.2 Å². The van der Waals surface area contributed by atoms with Crippen LogP contribution in [0, 0.1) is 23.7 Å². The molecule has 0 saturated heterocycles. The Labute approximate surface area is 250 Å². The van der Waals surface area contributed by atoms with E-state index in [4.69, 9.17) is 24.0 Å². The number of carbonyl (C=O) groups is 1. The minimum Gasteiger partial charge on any atom is -0.463 e. The number of rotatable bonds is 22. The fourth-order valence-corrected chi connectivity index (χ4v) is 7.38. The number of esters is 1. The van der Waals surface area contributed by atoms with Crippen molar-refractivity contribution >= 4 is 5.97 Å². The van der Waals surface area contributed by atoms with Crippen molar-refractivity contribution in [3.05, 3.63) is 25.3 Å². The predicted octanol–water partition coefficient (Wildman–Crippen LogP) is 8.54. The van der Waals surface area contributed by atoms with Gasteiger partial charge < -0.3 is 14.2 Å². The van der Waals surface area contributed by atoms with Crippen molar-refractivity contribution in [3.8, 4) is 0 Å². The van der Waals surface area contributed by atoms with Crippen LogP contribution < -0.4 is 0 Å². The van der Waals surface area contributed by atoms with Gasteiger partial charge in [-0.2, -0.15) is 0 Å². The van der Waals surface area contributed by atoms with Crippen LogP contribution in [0.3, 0.4) is 0 Å². The minimum absolute atomic E-state index is 0.321. The number of ether oxygens (including phenoxy) is 3. The van der Waals surface area contributed by atoms with Gasteiger partial charge in [0, 0.05) is 19.3 Å². The zero-order valence-corrected chi connectivity index (χ0v) is 26.0. The third kappa shape index (κ3) is 14.7. The van der Waals surface area contributed by atoms with Gasteiger partial charge in [-0.25, -0.2) is 14.6 Å². The Morgan fingerprint density at radius 3 is 1.90 bits per heavy atom. The fourth-order valence-electron chi connectivity index (χ4n) is 7.38. The summed E-state index contributed by atoms with van der Waals surface area (Å²) in [7, 11) is 0. The summed E-state index contributed by atoms with van der Waals surface area (Å²) >= 11 is 0. The van der Waals surface area contributed by atoms with E-state index in [-0.39, 0.29) is 5.97 Å². The third-order valence-electron chi connectivity index (χ3n) is 9.68. The molecular formula is C35H60O6. The second kappa shape index (κ2) is 21.5. The van der Waals surface area contributed by atoms with Crippen LogP contribution in [0.25, 0.3) is 0 Å². The Bertz CT molecular complexity index is 703. The molecular weight excluding hydrogens is 516 g/mol. The maximum absolute atomic E-state index is 11.1. The molecule has 3 aliphatic carbocycles. The van der Waals surface area contributed by atoms with Crippen LogP contribution in [-0.2, 0) is 28.8 Å². The highest BCUT2D eigenvalue weighted by Crippen LogP contribution is 2.46. The van der Waals surface area contributed by atoms with Gasteiger partial charge in [-0.05, 0) is 120 Å². The number of carbonyl (C=O) groups excluding carboxylic acids is 1. The second-order valence-electron chi connectivity index (χ2n) is 12.8. The topological polar surface area (TPSA) is 63.2 Å². The molecule has 0 amide bonds. The zero-order chi connectivity index (χ0) is 29.0. The highest BCUT2D eigenvalue weighted by Gasteiger charge is 2.36. The van der Waals surface area contributed by atoms with Gasteiger partial charge in [0.2, 0.25) is 0 Å². The summed E-state index contributed by atoms with van der Waals surface area (Å²) in [5.74, 6) is 3.39. The van der Waals surface area contributed by atoms with E-state index in [0.717, 1.165) is 75.4 Å². The molecule has 0 heterocycles. The first kappa shape index (κ1) is 34.3. The molecule has 4 atom stereocenters. The van der Waals surface area contributed by atoms with Crippen LogP contribution in [0.1, 0.15) is 122 Å². The van der Waals surface area contributed by atoms with Crippen molar-refractivity contribution in [2.45, 2.75) is 134 Å². The number of hydrogen-bond donors (Lipinski definition) is 0. The Morgan fingerprint density at radius 2 is 1.20 bits per heavy atom. The average Bonchev–Trinajstić information content (AvgIpc) is 3.00. The number of fused-ring (bicyclic) bond motifs is 1. The third-order valence-corrected chi connectivity index (χ3v) is 9.68. The molecule has 41 heavy (non-hydrogen) atoms. The molecule has 0 aromatic heterocycles. The van der Waals surface area contributed by atoms with Crippen molar-refractivity contribution in [2.75, 3.05) is 33.0 Å². The monoisotopic (exact) mass is 576 g/mol. The molecule has 0 bridgehead atoms. The molecule has 3 aliphatic rings. The van der Waals surface area contributed by atoms with Gasteiger partial charge in [0.05, 0.1) is 25.4 Å². The molecule has 6 heteroatoms. The predicted molar refractivity (Wildman–Crippen MR) is 164 cm³/mol. The van der Waals surface area contributed by atoms with E-state index in [1.165, 1.54) is 89.5 Å². The Morgan fingerprint density at radius 1 is 0.610 bits per heavy atom. The maximum Gasteiger partial charge on any atom is 0.330 e. The molecule has 0 aromatic carbocycles. The summed E-state index contributed by atoms with van der Waals surface area (Å²) in [4.78, 5) is 21.1. The Kier molecular flexibility index (Phi) is 18.0. The molecule has 0 aromatic rings. The van der Waals surface area contributed by atoms with E-state index in [1.807, 2.05) is 0 Å². The van der Waals surface area contributed by atoms with Gasteiger partial charge in [-0.1, -0.05) is 38.3 Å². The second-order valence-corrected chi connectivity index (χ2v) is 12.8. The lowest BCUT2D eigenvalue weighted by Gasteiger charge is -2.43. The van der Waals surface area contributed by atoms with Gasteiger partial charge in [0.15, 0.2) is 0 Å². The maximum atomic E-state index is 11.1. The van der Waals surface area contributed by atoms with Gasteiger partial charge in [0.25, 0.3) is 0 Å². The van der Waals surface area contributed by atoms with Gasteiger partial charge in [-0.15, -0.1) is 6.58 Å². The molecule has 0 spiro atoms. The molecule has 0 aliphatic heterocycles. The average molecular weight is 577 g/mol. The van der Waals surface area contributed by atoms with Gasteiger partial charge in [-0.3, -0.25) is 0 Å². The first-order chi connectivity index (χ1) is 20.2. The summed E-state index contributed by atoms with van der Waals surface area (Å²) in [6, 6.07) is 0. The van der Waals surface area contributed by atoms with E-state index < -0.39 is 0 Å². The Hall–Kier alpha value is -1.21. The molecule has 3 saturated carbocycles. The normalized spacial score (nSPS) is 28.1. The molecule has 3 rings (SSSR count). The van der Waals surface area contributed by atoms with Crippen LogP contribution in [0.4, 0.5) is 0 Å². The van der Waals surface area contributed by atoms with Crippen molar-refractivity contribution in [1.29, 1.82) is 0 Å². The summed E-state index contributed by atoms with van der Waals surface area (Å²) < 4.78 is 17.6. The summed E-state index contributed by atoms with van der Waals surface area (Å²) in [5.41, 5.74) is 0. The summed E-state index contributed by atoms with van der Waals surface area (Å²) in [6.07, 6.45) is 27.7. The quantitative estimate of drug-likeness (QED) is 0.0321. The SMILES string of the molecule is C=CCOOCCCCCCOC1CCC(CC2CCC3CC(OCCCCCCOC(=O)C=C)CCC3C2)CC1. The lowest BCUT2D eigenvalue weighted by Crippen LogP contribution is -2.35. The lowest BCUT2D eigenvalue weighted by molar-refractivity contribution is -0.286. The molecule has 0 N–H and O–H groups in total. The van der Waals surface area contributed by atoms with E-state index >= 15 is 0 Å². The van der Waals surface area contributed by atoms with Crippen molar-refractivity contribution in [3.63, 3.8) is 0 Å². The van der Waals surface area contributed by atoms with Gasteiger partial charge >= 0.3 is 5.97 Å². The van der Waals surface area contributed by atoms with Crippen molar-refractivity contribution in [2.24, 2.45) is 23.7 Å². The van der Waals surface area contributed by atoms with E-state index in [9.17, 15) is 4.79 Å². The fraction of sp³-hybridized carbons (Fsp3) is 0.857. The molecule has 0 radical (unpaired) electrons. The zero-order valence-electron chi connectivity index (χ0n) is 26.0. The highest BCUT2D eigenvalue weighted by molar-refractivity contribution is 5.81. The van der Waals surface area contributed by atoms with Crippen molar-refractivity contribution in [1.82, 2.24) is 0 Å². The smallest absolute Gasteiger partial charge is 0.330 e. The molecule has 3 fully saturated rings. The molecule has 6 nitrogen and oxygen atoms in total. The highest BCUT2D eigenvalue weighted by atomic mass is 17.2. The van der Waals surface area contributed by atoms with Gasteiger partial charge in [0.1, 0.15) is 6.61 Å². The number of unbranched alkanes of at least 4 members (excludes halogenated alkanes) is 6. The van der Waals surface area contributed by atoms with E-state index in [2.05, 4.69) is 13.2 Å². The first-order valence-electron chi connectivity index (χ1n) is 17.1. The molecule has 236 valence electrons. The summed E-state index contributed by atoms with van der Waals surface area (Å²) in [5, 5.41) is 0. The largest absolute Gasteiger partial charge is 0.463 e. The first-order valence-corrected chi connectivity index (χ1v) is 17.1. The minimum atomic E-state index is -0.321. The van der Waals surface area contributed by atoms with E-state index in [0.29, 0.717) is 32.0 Å². The van der Waals surface area contributed by atoms with Crippen LogP contribution >= 0.6 is 0 Å². The lowest BCUT2D eigenvalue weighted by atomic mass is 9.65. The van der Waals surface area contributed by atoms with Crippen LogP contribution in [0.15, 0.2) is 25.3 Å².